The summed E-state index contributed by atoms with van der Waals surface area (Å²) in [6.45, 7) is 8.63. The zero-order valence-corrected chi connectivity index (χ0v) is 20.7. The molecule has 0 aliphatic carbocycles. The van der Waals surface area contributed by atoms with Crippen LogP contribution in [0.2, 0.25) is 0 Å². The van der Waals surface area contributed by atoms with E-state index >= 15 is 0 Å². The normalized spacial score (nSPS) is 12.0. The minimum absolute atomic E-state index is 0.00492. The first-order valence-electron chi connectivity index (χ1n) is 12.0. The lowest BCUT2D eigenvalue weighted by atomic mass is 10.1. The molecule has 1 aromatic heterocycles. The Hall–Kier alpha value is -3.93. The maximum absolute atomic E-state index is 13.5. The van der Waals surface area contributed by atoms with Crippen molar-refractivity contribution in [2.24, 2.45) is 0 Å². The molecule has 3 aromatic carbocycles. The molecule has 6 heteroatoms. The quantitative estimate of drug-likeness (QED) is 0.383. The van der Waals surface area contributed by atoms with Crippen LogP contribution >= 0.6 is 0 Å². The molecule has 4 aromatic rings. The Morgan fingerprint density at radius 2 is 1.57 bits per heavy atom. The Kier molecular flexibility index (Phi) is 7.30. The van der Waals surface area contributed by atoms with Crippen molar-refractivity contribution in [2.75, 3.05) is 0 Å². The van der Waals surface area contributed by atoms with E-state index in [0.717, 1.165) is 22.2 Å². The monoisotopic (exact) mass is 468 g/mol. The molecule has 1 unspecified atom stereocenters. The van der Waals surface area contributed by atoms with Gasteiger partial charge in [-0.3, -0.25) is 9.59 Å². The summed E-state index contributed by atoms with van der Waals surface area (Å²) in [6.07, 6.45) is 0. The largest absolute Gasteiger partial charge is 0.342 e. The predicted octanol–water partition coefficient (Wildman–Crippen LogP) is 5.27. The maximum Gasteiger partial charge on any atom is 0.251 e. The number of para-hydroxylation sites is 2. The van der Waals surface area contributed by atoms with Gasteiger partial charge in [0.25, 0.3) is 5.91 Å². The molecule has 6 nitrogen and oxygen atoms in total. The van der Waals surface area contributed by atoms with Crippen LogP contribution in [0.15, 0.2) is 78.9 Å². The van der Waals surface area contributed by atoms with Crippen molar-refractivity contribution in [3.8, 4) is 0 Å². The smallest absolute Gasteiger partial charge is 0.251 e. The number of hydrogen-bond acceptors (Lipinski definition) is 3. The van der Waals surface area contributed by atoms with E-state index in [1.165, 1.54) is 0 Å². The molecule has 0 aliphatic rings. The summed E-state index contributed by atoms with van der Waals surface area (Å²) in [5.41, 5.74) is 4.45. The molecule has 0 spiro atoms. The zero-order valence-electron chi connectivity index (χ0n) is 20.7. The molecule has 180 valence electrons. The van der Waals surface area contributed by atoms with Crippen molar-refractivity contribution in [1.82, 2.24) is 19.8 Å². The van der Waals surface area contributed by atoms with Crippen LogP contribution in [0.25, 0.3) is 11.0 Å². The molecule has 4 rings (SSSR count). The van der Waals surface area contributed by atoms with Gasteiger partial charge in [-0.1, -0.05) is 60.2 Å². The molecule has 0 saturated carbocycles. The summed E-state index contributed by atoms with van der Waals surface area (Å²) in [7, 11) is 0. The highest BCUT2D eigenvalue weighted by Crippen LogP contribution is 2.22. The van der Waals surface area contributed by atoms with Crippen LogP contribution in [0.5, 0.6) is 0 Å². The van der Waals surface area contributed by atoms with Gasteiger partial charge in [-0.05, 0) is 57.5 Å². The second kappa shape index (κ2) is 10.6. The van der Waals surface area contributed by atoms with Crippen LogP contribution < -0.4 is 5.32 Å². The lowest BCUT2D eigenvalue weighted by molar-refractivity contribution is -0.134. The van der Waals surface area contributed by atoms with Crippen molar-refractivity contribution < 1.29 is 9.59 Å². The van der Waals surface area contributed by atoms with Gasteiger partial charge in [0.05, 0.1) is 17.1 Å². The summed E-state index contributed by atoms with van der Waals surface area (Å²) >= 11 is 0. The molecule has 0 bridgehead atoms. The minimum Gasteiger partial charge on any atom is -0.342 e. The number of rotatable bonds is 8. The van der Waals surface area contributed by atoms with E-state index < -0.39 is 0 Å². The Bertz CT molecular complexity index is 1310. The molecule has 1 N–H and O–H groups in total. The summed E-state index contributed by atoms with van der Waals surface area (Å²) in [5, 5.41) is 3.05. The third kappa shape index (κ3) is 5.60. The summed E-state index contributed by atoms with van der Waals surface area (Å²) < 4.78 is 1.93. The summed E-state index contributed by atoms with van der Waals surface area (Å²) in [5.74, 6) is 0.490. The summed E-state index contributed by atoms with van der Waals surface area (Å²) in [6, 6.07) is 24.9. The minimum atomic E-state index is -0.384. The fourth-order valence-electron chi connectivity index (χ4n) is 4.21. The number of carbonyl (C=O) groups excluding carboxylic acids is 2. The molecule has 35 heavy (non-hydrogen) atoms. The predicted molar refractivity (Wildman–Crippen MR) is 139 cm³/mol. The van der Waals surface area contributed by atoms with Crippen molar-refractivity contribution in [3.63, 3.8) is 0 Å². The number of nitrogens with one attached hydrogen (secondary N) is 1. The molecule has 0 aliphatic heterocycles. The third-order valence-electron chi connectivity index (χ3n) is 6.17. The van der Waals surface area contributed by atoms with Crippen molar-refractivity contribution in [1.29, 1.82) is 0 Å². The Balaban J connectivity index is 1.61. The van der Waals surface area contributed by atoms with E-state index in [-0.39, 0.29) is 30.4 Å². The van der Waals surface area contributed by atoms with Crippen molar-refractivity contribution >= 4 is 22.8 Å². The molecular weight excluding hydrogens is 436 g/mol. The van der Waals surface area contributed by atoms with Crippen LogP contribution in [0.3, 0.4) is 0 Å². The van der Waals surface area contributed by atoms with E-state index in [4.69, 9.17) is 4.98 Å². The highest BCUT2D eigenvalue weighted by atomic mass is 16.2. The van der Waals surface area contributed by atoms with Crippen LogP contribution in [-0.4, -0.2) is 32.3 Å². The molecule has 0 saturated heterocycles. The molecule has 0 fully saturated rings. The average molecular weight is 469 g/mol. The lowest BCUT2D eigenvalue weighted by Crippen LogP contribution is -2.39. The number of aromatic nitrogens is 2. The maximum atomic E-state index is 13.5. The number of hydrogen-bond donors (Lipinski definition) is 1. The van der Waals surface area contributed by atoms with E-state index in [9.17, 15) is 9.59 Å². The first-order valence-corrected chi connectivity index (χ1v) is 12.0. The lowest BCUT2D eigenvalue weighted by Gasteiger charge is -2.28. The van der Waals surface area contributed by atoms with Gasteiger partial charge in [-0.2, -0.15) is 0 Å². The van der Waals surface area contributed by atoms with Gasteiger partial charge >= 0.3 is 0 Å². The van der Waals surface area contributed by atoms with E-state index in [1.54, 1.807) is 0 Å². The Morgan fingerprint density at radius 3 is 2.26 bits per heavy atom. The molecule has 0 radical (unpaired) electrons. The third-order valence-corrected chi connectivity index (χ3v) is 6.17. The Labute approximate surface area is 206 Å². The fourth-order valence-corrected chi connectivity index (χ4v) is 4.21. The molecule has 1 heterocycles. The Morgan fingerprint density at radius 1 is 0.914 bits per heavy atom. The molecule has 1 atom stereocenters. The van der Waals surface area contributed by atoms with Crippen molar-refractivity contribution in [3.05, 3.63) is 101 Å². The standard InChI is InChI=1S/C29H32N4O2/c1-20(2)32(18-23-10-6-5-7-11-23)27(34)19-33-26-13-9-8-12-25(26)31-28(33)22(4)30-29(35)24-16-14-21(3)15-17-24/h5-17,20,22H,18-19H2,1-4H3,(H,30,35). The first kappa shape index (κ1) is 24.2. The van der Waals surface area contributed by atoms with Gasteiger partial charge in [-0.25, -0.2) is 4.98 Å². The van der Waals surface area contributed by atoms with Crippen molar-refractivity contribution in [2.45, 2.75) is 52.9 Å². The van der Waals surface area contributed by atoms with E-state index in [0.29, 0.717) is 17.9 Å². The van der Waals surface area contributed by atoms with Crippen LogP contribution in [0, 0.1) is 6.92 Å². The number of benzene rings is 3. The fraction of sp³-hybridized carbons (Fsp3) is 0.276. The first-order chi connectivity index (χ1) is 16.8. The van der Waals surface area contributed by atoms with Gasteiger partial charge < -0.3 is 14.8 Å². The highest BCUT2D eigenvalue weighted by Gasteiger charge is 2.24. The zero-order chi connectivity index (χ0) is 24.9. The summed E-state index contributed by atoms with van der Waals surface area (Å²) in [4.78, 5) is 33.1. The number of carbonyl (C=O) groups is 2. The van der Waals surface area contributed by atoms with Gasteiger partial charge in [-0.15, -0.1) is 0 Å². The second-order valence-corrected chi connectivity index (χ2v) is 9.21. The topological polar surface area (TPSA) is 67.2 Å². The van der Waals surface area contributed by atoms with E-state index in [2.05, 4.69) is 5.32 Å². The molecule has 2 amide bonds. The van der Waals surface area contributed by atoms with Crippen LogP contribution in [0.1, 0.15) is 54.1 Å². The van der Waals surface area contributed by atoms with Gasteiger partial charge in [0.2, 0.25) is 5.91 Å². The number of imidazole rings is 1. The molecular formula is C29H32N4O2. The van der Waals surface area contributed by atoms with Crippen LogP contribution in [0.4, 0.5) is 0 Å². The van der Waals surface area contributed by atoms with Gasteiger partial charge in [0.15, 0.2) is 0 Å². The average Bonchev–Trinajstić information content (AvgIpc) is 3.21. The second-order valence-electron chi connectivity index (χ2n) is 9.21. The highest BCUT2D eigenvalue weighted by molar-refractivity contribution is 5.94. The van der Waals surface area contributed by atoms with Gasteiger partial charge in [0.1, 0.15) is 12.4 Å². The van der Waals surface area contributed by atoms with Gasteiger partial charge in [0, 0.05) is 18.2 Å². The van der Waals surface area contributed by atoms with Crippen LogP contribution in [-0.2, 0) is 17.9 Å². The van der Waals surface area contributed by atoms with E-state index in [1.807, 2.05) is 116 Å². The number of aryl methyl sites for hydroxylation is 1. The number of fused-ring (bicyclic) bond motifs is 1. The number of nitrogens with zero attached hydrogens (tertiary/aromatic N) is 3. The number of amides is 2. The SMILES string of the molecule is Cc1ccc(C(=O)NC(C)c2nc3ccccc3n2CC(=O)N(Cc2ccccc2)C(C)C)cc1.